The van der Waals surface area contributed by atoms with Crippen molar-refractivity contribution in [1.29, 1.82) is 0 Å². The Morgan fingerprint density at radius 3 is 2.34 bits per heavy atom. The molecule has 1 amide bonds. The topological polar surface area (TPSA) is 45.7 Å². The smallest absolute Gasteiger partial charge is 0.419 e. The number of carbonyl (C=O) groups is 1. The predicted molar refractivity (Wildman–Crippen MR) is 116 cm³/mol. The number of methoxy groups -OCH3 is 1. The van der Waals surface area contributed by atoms with E-state index in [1.807, 2.05) is 4.90 Å². The summed E-state index contributed by atoms with van der Waals surface area (Å²) in [6.07, 6.45) is 1.39. The number of amides is 1. The van der Waals surface area contributed by atoms with E-state index < -0.39 is 11.7 Å². The van der Waals surface area contributed by atoms with Gasteiger partial charge in [-0.05, 0) is 75.0 Å². The third-order valence-electron chi connectivity index (χ3n) is 6.53. The van der Waals surface area contributed by atoms with Crippen molar-refractivity contribution in [3.05, 3.63) is 47.3 Å². The first-order valence-electron chi connectivity index (χ1n) is 11.0. The van der Waals surface area contributed by atoms with Crippen molar-refractivity contribution in [1.82, 2.24) is 14.8 Å². The lowest BCUT2D eigenvalue weighted by Gasteiger charge is -2.36. The van der Waals surface area contributed by atoms with Crippen LogP contribution < -0.4 is 4.74 Å². The molecule has 0 atom stereocenters. The van der Waals surface area contributed by atoms with Gasteiger partial charge in [0.25, 0.3) is 5.91 Å². The molecule has 5 nitrogen and oxygen atoms in total. The number of halogens is 3. The van der Waals surface area contributed by atoms with E-state index in [1.54, 1.807) is 19.1 Å². The van der Waals surface area contributed by atoms with Gasteiger partial charge in [0.2, 0.25) is 0 Å². The van der Waals surface area contributed by atoms with Crippen molar-refractivity contribution >= 4 is 5.91 Å². The summed E-state index contributed by atoms with van der Waals surface area (Å²) in [5.74, 6) is -0.338. The molecular weight excluding hydrogens is 419 g/mol. The first-order valence-corrected chi connectivity index (χ1v) is 11.0. The highest BCUT2D eigenvalue weighted by molar-refractivity contribution is 5.94. The minimum Gasteiger partial charge on any atom is -0.496 e. The van der Waals surface area contributed by atoms with Crippen molar-refractivity contribution < 1.29 is 22.7 Å². The average Bonchev–Trinajstić information content (AvgIpc) is 3.33. The number of hydrogen-bond acceptors (Lipinski definition) is 4. The van der Waals surface area contributed by atoms with Crippen LogP contribution in [-0.4, -0.2) is 60.0 Å². The van der Waals surface area contributed by atoms with E-state index in [9.17, 15) is 18.0 Å². The van der Waals surface area contributed by atoms with Crippen LogP contribution in [0.25, 0.3) is 11.1 Å². The van der Waals surface area contributed by atoms with E-state index in [-0.39, 0.29) is 11.7 Å². The van der Waals surface area contributed by atoms with Crippen LogP contribution in [0.4, 0.5) is 13.2 Å². The Bertz CT molecular complexity index is 979. The molecule has 3 heterocycles. The van der Waals surface area contributed by atoms with Gasteiger partial charge in [0.1, 0.15) is 11.4 Å². The Kier molecular flexibility index (Phi) is 6.42. The number of benzene rings is 1. The van der Waals surface area contributed by atoms with Crippen LogP contribution in [0, 0.1) is 6.92 Å². The molecule has 2 fully saturated rings. The maximum absolute atomic E-state index is 13.4. The molecule has 2 aliphatic rings. The number of hydrogen-bond donors (Lipinski definition) is 0. The normalized spacial score (nSPS) is 18.2. The number of likely N-dealkylation sites (tertiary alicyclic amines) is 2. The average molecular weight is 448 g/mol. The Morgan fingerprint density at radius 2 is 1.75 bits per heavy atom. The second-order valence-corrected chi connectivity index (χ2v) is 8.57. The van der Waals surface area contributed by atoms with Crippen LogP contribution in [0.1, 0.15) is 47.3 Å². The zero-order valence-corrected chi connectivity index (χ0v) is 18.4. The Hall–Kier alpha value is -2.61. The van der Waals surface area contributed by atoms with Crippen LogP contribution >= 0.6 is 0 Å². The molecule has 0 saturated carbocycles. The molecule has 0 unspecified atom stereocenters. The molecule has 32 heavy (non-hydrogen) atoms. The molecule has 0 radical (unpaired) electrons. The quantitative estimate of drug-likeness (QED) is 0.677. The summed E-state index contributed by atoms with van der Waals surface area (Å²) in [4.78, 5) is 21.8. The lowest BCUT2D eigenvalue weighted by Crippen LogP contribution is -2.46. The van der Waals surface area contributed by atoms with E-state index in [1.165, 1.54) is 32.2 Å². The van der Waals surface area contributed by atoms with Gasteiger partial charge >= 0.3 is 6.18 Å². The molecule has 2 aromatic rings. The second kappa shape index (κ2) is 9.10. The molecule has 0 N–H and O–H groups in total. The predicted octanol–water partition coefficient (Wildman–Crippen LogP) is 4.78. The van der Waals surface area contributed by atoms with E-state index in [4.69, 9.17) is 4.74 Å². The first kappa shape index (κ1) is 22.6. The third-order valence-corrected chi connectivity index (χ3v) is 6.53. The minimum absolute atomic E-state index is 0.111. The van der Waals surface area contributed by atoms with Crippen LogP contribution in [0.15, 0.2) is 30.5 Å². The van der Waals surface area contributed by atoms with E-state index in [2.05, 4.69) is 9.88 Å². The lowest BCUT2D eigenvalue weighted by molar-refractivity contribution is -0.138. The maximum Gasteiger partial charge on any atom is 0.419 e. The monoisotopic (exact) mass is 447 g/mol. The molecule has 172 valence electrons. The number of pyridine rings is 1. The van der Waals surface area contributed by atoms with Gasteiger partial charge in [0.05, 0.1) is 12.7 Å². The summed E-state index contributed by atoms with van der Waals surface area (Å²) >= 11 is 0. The van der Waals surface area contributed by atoms with Gasteiger partial charge in [-0.3, -0.25) is 9.78 Å². The van der Waals surface area contributed by atoms with Crippen LogP contribution in [0.2, 0.25) is 0 Å². The molecule has 1 aromatic heterocycles. The Balaban J connectivity index is 1.49. The zero-order valence-electron chi connectivity index (χ0n) is 18.4. The van der Waals surface area contributed by atoms with E-state index >= 15 is 0 Å². The summed E-state index contributed by atoms with van der Waals surface area (Å²) in [6.45, 7) is 5.49. The molecule has 4 rings (SSSR count). The van der Waals surface area contributed by atoms with Gasteiger partial charge in [-0.1, -0.05) is 6.07 Å². The SMILES string of the molecule is COc1ccc(-c2cnc(C(=O)N3CCC(N4CCCC4)CC3)c(C)c2)cc1C(F)(F)F. The van der Waals surface area contributed by atoms with Crippen molar-refractivity contribution in [2.45, 2.75) is 44.8 Å². The standard InChI is InChI=1S/C24H28F3N3O2/c1-16-13-18(17-5-6-21(32-2)20(14-17)24(25,26)27)15-28-22(16)23(31)30-11-7-19(8-12-30)29-9-3-4-10-29/h5-6,13-15,19H,3-4,7-12H2,1-2H3. The molecule has 0 bridgehead atoms. The van der Waals surface area contributed by atoms with E-state index in [0.717, 1.165) is 32.0 Å². The number of nitrogens with zero attached hydrogens (tertiary/aromatic N) is 3. The van der Waals surface area contributed by atoms with Gasteiger partial charge < -0.3 is 14.5 Å². The van der Waals surface area contributed by atoms with Crippen LogP contribution in [0.3, 0.4) is 0 Å². The number of piperidine rings is 1. The van der Waals surface area contributed by atoms with Gasteiger partial charge in [0.15, 0.2) is 0 Å². The van der Waals surface area contributed by atoms with Gasteiger partial charge in [-0.2, -0.15) is 13.2 Å². The highest BCUT2D eigenvalue weighted by atomic mass is 19.4. The maximum atomic E-state index is 13.4. The molecule has 0 aliphatic carbocycles. The fourth-order valence-electron chi connectivity index (χ4n) is 4.76. The minimum atomic E-state index is -4.53. The van der Waals surface area contributed by atoms with Crippen molar-refractivity contribution in [2.24, 2.45) is 0 Å². The molecule has 8 heteroatoms. The highest BCUT2D eigenvalue weighted by Crippen LogP contribution is 2.38. The molecule has 1 aromatic carbocycles. The fourth-order valence-corrected chi connectivity index (χ4v) is 4.76. The summed E-state index contributed by atoms with van der Waals surface area (Å²) < 4.78 is 44.9. The number of aromatic nitrogens is 1. The number of rotatable bonds is 4. The molecule has 2 saturated heterocycles. The lowest BCUT2D eigenvalue weighted by atomic mass is 10.0. The largest absolute Gasteiger partial charge is 0.496 e. The fraction of sp³-hybridized carbons (Fsp3) is 0.500. The van der Waals surface area contributed by atoms with Gasteiger partial charge in [0, 0.05) is 30.9 Å². The van der Waals surface area contributed by atoms with Gasteiger partial charge in [-0.25, -0.2) is 0 Å². The third kappa shape index (κ3) is 4.60. The summed E-state index contributed by atoms with van der Waals surface area (Å²) in [5.41, 5.74) is 1.08. The summed E-state index contributed by atoms with van der Waals surface area (Å²) in [6, 6.07) is 6.20. The molecular formula is C24H28F3N3O2. The van der Waals surface area contributed by atoms with Crippen LogP contribution in [0.5, 0.6) is 5.75 Å². The highest BCUT2D eigenvalue weighted by Gasteiger charge is 2.35. The number of aryl methyl sites for hydroxylation is 1. The Morgan fingerprint density at radius 1 is 1.06 bits per heavy atom. The second-order valence-electron chi connectivity index (χ2n) is 8.57. The first-order chi connectivity index (χ1) is 15.3. The van der Waals surface area contributed by atoms with Gasteiger partial charge in [-0.15, -0.1) is 0 Å². The number of ether oxygens (including phenoxy) is 1. The zero-order chi connectivity index (χ0) is 22.9. The van der Waals surface area contributed by atoms with Crippen molar-refractivity contribution in [2.75, 3.05) is 33.3 Å². The van der Waals surface area contributed by atoms with Crippen molar-refractivity contribution in [3.8, 4) is 16.9 Å². The number of carbonyl (C=O) groups excluding carboxylic acids is 1. The van der Waals surface area contributed by atoms with Crippen molar-refractivity contribution in [3.63, 3.8) is 0 Å². The molecule has 2 aliphatic heterocycles. The summed E-state index contributed by atoms with van der Waals surface area (Å²) in [5, 5.41) is 0. The van der Waals surface area contributed by atoms with E-state index in [0.29, 0.717) is 41.5 Å². The Labute approximate surface area is 186 Å². The molecule has 0 spiro atoms. The van der Waals surface area contributed by atoms with Crippen LogP contribution in [-0.2, 0) is 6.18 Å². The summed E-state index contributed by atoms with van der Waals surface area (Å²) in [7, 11) is 1.21. The number of alkyl halides is 3.